The Morgan fingerprint density at radius 3 is 2.41 bits per heavy atom. The van der Waals surface area contributed by atoms with Gasteiger partial charge < -0.3 is 14.4 Å². The lowest BCUT2D eigenvalue weighted by Crippen LogP contribution is -2.39. The third-order valence-corrected chi connectivity index (χ3v) is 6.21. The molecule has 1 unspecified atom stereocenters. The topological polar surface area (TPSA) is 38.8 Å². The number of methoxy groups -OCH3 is 1. The average Bonchev–Trinajstić information content (AvgIpc) is 3.25. The molecule has 0 spiro atoms. The van der Waals surface area contributed by atoms with E-state index in [9.17, 15) is 18.0 Å². The van der Waals surface area contributed by atoms with Crippen LogP contribution in [0.4, 0.5) is 13.2 Å². The van der Waals surface area contributed by atoms with Gasteiger partial charge in [0.2, 0.25) is 5.91 Å². The number of ether oxygens (including phenoxy) is 2. The number of carbonyl (C=O) groups excluding carboxylic acids is 1. The van der Waals surface area contributed by atoms with E-state index in [0.717, 1.165) is 28.9 Å². The first-order valence-corrected chi connectivity index (χ1v) is 10.8. The SMILES string of the molecule is COc1ccc(/C=C/C(=O)N2CCc3sccc3C2c2ccc(OC(F)(F)F)cc2)cc1. The second-order valence-corrected chi connectivity index (χ2v) is 8.21. The molecular formula is C24H20F3NO3S. The molecule has 0 N–H and O–H groups in total. The van der Waals surface area contributed by atoms with Crippen molar-refractivity contribution in [2.24, 2.45) is 0 Å². The molecule has 0 fully saturated rings. The zero-order valence-electron chi connectivity index (χ0n) is 17.1. The fraction of sp³-hybridized carbons (Fsp3) is 0.208. The molecule has 0 bridgehead atoms. The third-order valence-electron chi connectivity index (χ3n) is 5.21. The van der Waals surface area contributed by atoms with Crippen LogP contribution in [0.2, 0.25) is 0 Å². The number of hydrogen-bond donors (Lipinski definition) is 0. The molecule has 1 aliphatic heterocycles. The minimum Gasteiger partial charge on any atom is -0.497 e. The van der Waals surface area contributed by atoms with Gasteiger partial charge in [0.25, 0.3) is 0 Å². The number of halogens is 3. The van der Waals surface area contributed by atoms with Crippen LogP contribution in [0.5, 0.6) is 11.5 Å². The van der Waals surface area contributed by atoms with E-state index in [4.69, 9.17) is 4.74 Å². The Morgan fingerprint density at radius 1 is 1.06 bits per heavy atom. The molecule has 0 saturated carbocycles. The fourth-order valence-corrected chi connectivity index (χ4v) is 4.65. The van der Waals surface area contributed by atoms with Crippen LogP contribution in [0, 0.1) is 0 Å². The summed E-state index contributed by atoms with van der Waals surface area (Å²) in [7, 11) is 1.59. The van der Waals surface area contributed by atoms with E-state index < -0.39 is 6.36 Å². The molecule has 8 heteroatoms. The quantitative estimate of drug-likeness (QED) is 0.450. The van der Waals surface area contributed by atoms with E-state index >= 15 is 0 Å². The summed E-state index contributed by atoms with van der Waals surface area (Å²) in [4.78, 5) is 16.0. The van der Waals surface area contributed by atoms with Gasteiger partial charge in [0.15, 0.2) is 0 Å². The highest BCUT2D eigenvalue weighted by Gasteiger charge is 2.33. The van der Waals surface area contributed by atoms with Crippen LogP contribution in [0.3, 0.4) is 0 Å². The van der Waals surface area contributed by atoms with Crippen molar-refractivity contribution in [3.05, 3.63) is 87.6 Å². The van der Waals surface area contributed by atoms with E-state index in [1.165, 1.54) is 23.1 Å². The summed E-state index contributed by atoms with van der Waals surface area (Å²) in [6, 6.07) is 14.6. The molecule has 4 rings (SSSR count). The monoisotopic (exact) mass is 459 g/mol. The Balaban J connectivity index is 1.59. The number of benzene rings is 2. The second-order valence-electron chi connectivity index (χ2n) is 7.21. The van der Waals surface area contributed by atoms with Crippen LogP contribution in [0.25, 0.3) is 6.08 Å². The van der Waals surface area contributed by atoms with Gasteiger partial charge >= 0.3 is 6.36 Å². The maximum absolute atomic E-state index is 13.1. The molecule has 2 heterocycles. The van der Waals surface area contributed by atoms with Gasteiger partial charge in [0.05, 0.1) is 13.2 Å². The Bertz CT molecular complexity index is 1100. The summed E-state index contributed by atoms with van der Waals surface area (Å²) in [5.74, 6) is 0.269. The van der Waals surface area contributed by atoms with E-state index in [2.05, 4.69) is 4.74 Å². The molecule has 32 heavy (non-hydrogen) atoms. The van der Waals surface area contributed by atoms with Gasteiger partial charge in [-0.25, -0.2) is 0 Å². The zero-order valence-corrected chi connectivity index (χ0v) is 18.0. The third kappa shape index (κ3) is 4.96. The number of alkyl halides is 3. The second kappa shape index (κ2) is 9.08. The summed E-state index contributed by atoms with van der Waals surface area (Å²) < 4.78 is 46.6. The van der Waals surface area contributed by atoms with E-state index in [1.807, 2.05) is 35.7 Å². The molecule has 1 amide bonds. The van der Waals surface area contributed by atoms with Crippen molar-refractivity contribution in [1.29, 1.82) is 0 Å². The molecule has 1 atom stereocenters. The predicted molar refractivity (Wildman–Crippen MR) is 117 cm³/mol. The Kier molecular flexibility index (Phi) is 6.23. The van der Waals surface area contributed by atoms with Crippen molar-refractivity contribution in [3.8, 4) is 11.5 Å². The van der Waals surface area contributed by atoms with Crippen molar-refractivity contribution >= 4 is 23.3 Å². The van der Waals surface area contributed by atoms with Gasteiger partial charge in [-0.15, -0.1) is 24.5 Å². The van der Waals surface area contributed by atoms with Gasteiger partial charge in [-0.3, -0.25) is 4.79 Å². The molecule has 0 radical (unpaired) electrons. The summed E-state index contributed by atoms with van der Waals surface area (Å²) in [6.07, 6.45) is -0.752. The van der Waals surface area contributed by atoms with Gasteiger partial charge in [-0.2, -0.15) is 0 Å². The zero-order chi connectivity index (χ0) is 22.7. The molecule has 0 saturated heterocycles. The first kappa shape index (κ1) is 22.0. The maximum atomic E-state index is 13.1. The number of carbonyl (C=O) groups is 1. The number of amides is 1. The molecule has 2 aromatic carbocycles. The number of rotatable bonds is 5. The number of fused-ring (bicyclic) bond motifs is 1. The Morgan fingerprint density at radius 2 is 1.75 bits per heavy atom. The van der Waals surface area contributed by atoms with Gasteiger partial charge in [0.1, 0.15) is 11.5 Å². The Hall–Kier alpha value is -3.26. The van der Waals surface area contributed by atoms with E-state index in [0.29, 0.717) is 6.54 Å². The average molecular weight is 459 g/mol. The first-order valence-electron chi connectivity index (χ1n) is 9.89. The van der Waals surface area contributed by atoms with Crippen LogP contribution in [-0.2, 0) is 11.2 Å². The minimum atomic E-state index is -4.75. The van der Waals surface area contributed by atoms with E-state index in [-0.39, 0.29) is 17.7 Å². The van der Waals surface area contributed by atoms with E-state index in [1.54, 1.807) is 41.6 Å². The molecule has 166 valence electrons. The van der Waals surface area contributed by atoms with Crippen LogP contribution in [-0.4, -0.2) is 30.8 Å². The van der Waals surface area contributed by atoms with Crippen LogP contribution < -0.4 is 9.47 Å². The number of thiophene rings is 1. The number of hydrogen-bond acceptors (Lipinski definition) is 4. The lowest BCUT2D eigenvalue weighted by molar-refractivity contribution is -0.274. The van der Waals surface area contributed by atoms with Gasteiger partial charge in [-0.1, -0.05) is 24.3 Å². The molecule has 0 aliphatic carbocycles. The highest BCUT2D eigenvalue weighted by molar-refractivity contribution is 7.10. The summed E-state index contributed by atoms with van der Waals surface area (Å²) in [5, 5.41) is 1.97. The van der Waals surface area contributed by atoms with Crippen LogP contribution in [0.1, 0.15) is 27.6 Å². The van der Waals surface area contributed by atoms with Crippen LogP contribution in [0.15, 0.2) is 66.1 Å². The fourth-order valence-electron chi connectivity index (χ4n) is 3.74. The molecular weight excluding hydrogens is 439 g/mol. The highest BCUT2D eigenvalue weighted by Crippen LogP contribution is 2.38. The first-order chi connectivity index (χ1) is 15.3. The molecule has 3 aromatic rings. The number of nitrogens with zero attached hydrogens (tertiary/aromatic N) is 1. The smallest absolute Gasteiger partial charge is 0.497 e. The van der Waals surface area contributed by atoms with Crippen molar-refractivity contribution in [2.75, 3.05) is 13.7 Å². The summed E-state index contributed by atoms with van der Waals surface area (Å²) in [5.41, 5.74) is 2.58. The summed E-state index contributed by atoms with van der Waals surface area (Å²) in [6.45, 7) is 0.519. The molecule has 1 aliphatic rings. The summed E-state index contributed by atoms with van der Waals surface area (Å²) >= 11 is 1.62. The standard InChI is InChI=1S/C24H20F3NO3S/c1-30-18-7-2-16(3-8-18)4-11-22(29)28-14-12-21-20(13-15-32-21)23(28)17-5-9-19(10-6-17)31-24(25,26)27/h2-11,13,15,23H,12,14H2,1H3/b11-4+. The minimum absolute atomic E-state index is 0.168. The van der Waals surface area contributed by atoms with Gasteiger partial charge in [-0.05, 0) is 64.9 Å². The van der Waals surface area contributed by atoms with Crippen molar-refractivity contribution in [3.63, 3.8) is 0 Å². The van der Waals surface area contributed by atoms with Gasteiger partial charge in [0, 0.05) is 17.5 Å². The Labute approximate surface area is 187 Å². The highest BCUT2D eigenvalue weighted by atomic mass is 32.1. The van der Waals surface area contributed by atoms with Crippen molar-refractivity contribution in [2.45, 2.75) is 18.8 Å². The normalized spacial score (nSPS) is 16.1. The van der Waals surface area contributed by atoms with Crippen LogP contribution >= 0.6 is 11.3 Å². The van der Waals surface area contributed by atoms with Crippen molar-refractivity contribution in [1.82, 2.24) is 4.90 Å². The largest absolute Gasteiger partial charge is 0.573 e. The lowest BCUT2D eigenvalue weighted by Gasteiger charge is -2.35. The predicted octanol–water partition coefficient (Wildman–Crippen LogP) is 5.84. The van der Waals surface area contributed by atoms with Crippen molar-refractivity contribution < 1.29 is 27.4 Å². The maximum Gasteiger partial charge on any atom is 0.573 e. The molecule has 4 nitrogen and oxygen atoms in total. The lowest BCUT2D eigenvalue weighted by atomic mass is 9.93. The molecule has 1 aromatic heterocycles.